The number of anilines is 7. The van der Waals surface area contributed by atoms with Crippen molar-refractivity contribution >= 4 is 141 Å². The normalized spacial score (nSPS) is 13.0. The molecule has 0 fully saturated rings. The summed E-state index contributed by atoms with van der Waals surface area (Å²) in [6.07, 6.45) is 7.10. The summed E-state index contributed by atoms with van der Waals surface area (Å²) < 4.78 is 57.1. The number of nitrogens with two attached hydrogens (primary N) is 2. The number of fused-ring (bicyclic) bond motifs is 1. The summed E-state index contributed by atoms with van der Waals surface area (Å²) in [4.78, 5) is 186. The van der Waals surface area contributed by atoms with Crippen molar-refractivity contribution in [3.8, 4) is 11.1 Å². The Morgan fingerprint density at radius 1 is 0.422 bits per heavy atom. The van der Waals surface area contributed by atoms with Gasteiger partial charge in [0.05, 0.1) is 123 Å². The zero-order chi connectivity index (χ0) is 106. The number of nitrogens with zero attached hydrogens (tertiary/aromatic N) is 9. The number of carbonyl (C=O) groups excluding carboxylic acids is 13. The first kappa shape index (κ1) is 116. The molecule has 8 aromatic rings. The lowest BCUT2D eigenvalue weighted by molar-refractivity contribution is -0.130. The van der Waals surface area contributed by atoms with Gasteiger partial charge in [0, 0.05) is 166 Å². The second-order valence-corrected chi connectivity index (χ2v) is 35.3. The van der Waals surface area contributed by atoms with Crippen molar-refractivity contribution < 1.29 is 105 Å². The largest absolute Gasteiger partial charge is 0.444 e. The van der Waals surface area contributed by atoms with Crippen molar-refractivity contribution in [2.75, 3.05) is 188 Å². The SMILES string of the molecule is CC(=O)N1c2ccc(-c3ccc(C(=O)NCCOCCOCCOCCOCCOCCOCCOCCOCCNC(=O)c4nc(NC(=O)CCNC(=O)c5cc(NC(=O)c6nc(NC(=O)CCNC(=O)c7cc(NC(=O)c8nc(NC(=O)CCNC(=O)[C@H](CCCNC(=N)N)NC(=O)[C@H](CCCNC(=N)N)NC(=O)OC(C)(C)C)cn8C)cn7C)cn6C)cn5C)cn4C)cc3)cc2[C@H](Nc2ccc(Cl)cc2)C[C@@H]1C. The smallest absolute Gasteiger partial charge is 0.408 e. The van der Waals surface area contributed by atoms with Gasteiger partial charge in [-0.3, -0.25) is 68.4 Å². The summed E-state index contributed by atoms with van der Waals surface area (Å²) in [7, 11) is 7.77. The van der Waals surface area contributed by atoms with Crippen LogP contribution in [-0.2, 0) is 107 Å². The number of imidazole rings is 3. The number of aryl methyl sites for hydroxylation is 5. The highest BCUT2D eigenvalue weighted by Gasteiger charge is 2.35. The topological polar surface area (TPSA) is 652 Å². The highest BCUT2D eigenvalue weighted by atomic mass is 35.5. The number of hydrogen-bond acceptors (Lipinski definition) is 28. The quantitative estimate of drug-likeness (QED) is 0.0146. The summed E-state index contributed by atoms with van der Waals surface area (Å²) in [6.45, 7) is 14.8. The fourth-order valence-corrected chi connectivity index (χ4v) is 15.1. The second-order valence-electron chi connectivity index (χ2n) is 34.9. The van der Waals surface area contributed by atoms with Crippen LogP contribution in [0, 0.1) is 10.8 Å². The molecule has 0 bridgehead atoms. The summed E-state index contributed by atoms with van der Waals surface area (Å²) in [5, 5.41) is 56.3. The Bertz CT molecular complexity index is 5780. The van der Waals surface area contributed by atoms with Crippen molar-refractivity contribution in [1.29, 1.82) is 10.8 Å². The maximum Gasteiger partial charge on any atom is 0.408 e. The summed E-state index contributed by atoms with van der Waals surface area (Å²) >= 11 is 6.14. The number of hydrogen-bond donors (Lipinski definition) is 19. The molecule has 4 atom stereocenters. The zero-order valence-corrected chi connectivity index (χ0v) is 84.9. The third-order valence-corrected chi connectivity index (χ3v) is 22.2. The first-order chi connectivity index (χ1) is 70.3. The number of alkyl carbamates (subject to hydrolysis) is 1. The molecule has 147 heavy (non-hydrogen) atoms. The van der Waals surface area contributed by atoms with Crippen LogP contribution in [0.25, 0.3) is 11.1 Å². The Labute approximate surface area is 854 Å². The molecule has 3 aromatic carbocycles. The zero-order valence-electron chi connectivity index (χ0n) is 84.2. The number of halogens is 1. The average Bonchev–Trinajstić information content (AvgIpc) is 1.29. The van der Waals surface area contributed by atoms with E-state index < -0.39 is 82.8 Å². The predicted octanol–water partition coefficient (Wildman–Crippen LogP) is 3.85. The number of aromatic nitrogens is 8. The van der Waals surface area contributed by atoms with E-state index in [1.54, 1.807) is 61.0 Å². The van der Waals surface area contributed by atoms with Crippen molar-refractivity contribution in [1.82, 2.24) is 85.6 Å². The first-order valence-corrected chi connectivity index (χ1v) is 48.2. The van der Waals surface area contributed by atoms with Gasteiger partial charge >= 0.3 is 6.09 Å². The molecule has 51 heteroatoms. The van der Waals surface area contributed by atoms with E-state index in [0.717, 1.165) is 34.5 Å². The van der Waals surface area contributed by atoms with Crippen molar-refractivity contribution in [2.24, 2.45) is 46.7 Å². The predicted molar refractivity (Wildman–Crippen MR) is 545 cm³/mol. The van der Waals surface area contributed by atoms with Crippen LogP contribution in [0.2, 0.25) is 5.02 Å². The fourth-order valence-electron chi connectivity index (χ4n) is 14.9. The average molecular weight is 2070 g/mol. The van der Waals surface area contributed by atoms with Gasteiger partial charge in [-0.05, 0) is 137 Å². The van der Waals surface area contributed by atoms with Gasteiger partial charge in [-0.1, -0.05) is 29.8 Å². The van der Waals surface area contributed by atoms with E-state index in [4.69, 9.17) is 76.5 Å². The first-order valence-electron chi connectivity index (χ1n) is 47.8. The molecule has 0 unspecified atom stereocenters. The molecular formula is C96H135ClN28O22. The Kier molecular flexibility index (Phi) is 46.8. The van der Waals surface area contributed by atoms with Crippen molar-refractivity contribution in [3.63, 3.8) is 0 Å². The Hall–Kier alpha value is -14.9. The van der Waals surface area contributed by atoms with Crippen LogP contribution in [0.3, 0.4) is 0 Å². The maximum absolute atomic E-state index is 13.6. The molecule has 798 valence electrons. The van der Waals surface area contributed by atoms with Crippen molar-refractivity contribution in [3.05, 3.63) is 155 Å². The molecule has 0 saturated heterocycles. The molecule has 1 aliphatic rings. The number of nitrogens with one attached hydrogen (secondary N) is 17. The van der Waals surface area contributed by atoms with Gasteiger partial charge in [0.25, 0.3) is 35.4 Å². The molecule has 0 saturated carbocycles. The van der Waals surface area contributed by atoms with E-state index in [9.17, 15) is 62.3 Å². The van der Waals surface area contributed by atoms with E-state index >= 15 is 0 Å². The number of ether oxygens (including phenoxy) is 9. The minimum Gasteiger partial charge on any atom is -0.444 e. The lowest BCUT2D eigenvalue weighted by atomic mass is 9.88. The molecule has 13 amide bonds. The van der Waals surface area contributed by atoms with Crippen LogP contribution >= 0.6 is 11.6 Å². The number of carbonyl (C=O) groups is 13. The molecule has 0 spiro atoms. The van der Waals surface area contributed by atoms with Crippen LogP contribution in [-0.4, -0.2) is 302 Å². The Morgan fingerprint density at radius 3 is 1.22 bits per heavy atom. The van der Waals surface area contributed by atoms with Crippen LogP contribution in [0.4, 0.5) is 45.0 Å². The summed E-state index contributed by atoms with van der Waals surface area (Å²) in [5.74, 6) is -6.94. The van der Waals surface area contributed by atoms with Gasteiger partial charge in [-0.2, -0.15) is 0 Å². The fraction of sp³-hybridized carbons (Fsp3) is 0.479. The van der Waals surface area contributed by atoms with Gasteiger partial charge in [-0.25, -0.2) is 19.7 Å². The third-order valence-electron chi connectivity index (χ3n) is 21.9. The number of amides is 13. The van der Waals surface area contributed by atoms with Gasteiger partial charge in [-0.15, -0.1) is 0 Å². The summed E-state index contributed by atoms with van der Waals surface area (Å²) in [5.41, 5.74) is 15.9. The molecule has 5 aromatic heterocycles. The molecule has 50 nitrogen and oxygen atoms in total. The Morgan fingerprint density at radius 2 is 0.810 bits per heavy atom. The molecule has 1 aliphatic heterocycles. The third kappa shape index (κ3) is 39.9. The maximum atomic E-state index is 13.6. The van der Waals surface area contributed by atoms with Crippen molar-refractivity contribution in [2.45, 2.75) is 116 Å². The number of guanidine groups is 2. The van der Waals surface area contributed by atoms with Gasteiger partial charge in [0.15, 0.2) is 29.4 Å². The molecule has 0 aliphatic carbocycles. The lowest BCUT2D eigenvalue weighted by Gasteiger charge is -2.39. The van der Waals surface area contributed by atoms with E-state index in [2.05, 4.69) is 108 Å². The van der Waals surface area contributed by atoms with E-state index in [0.29, 0.717) is 110 Å². The molecular weight excluding hydrogens is 1930 g/mol. The van der Waals surface area contributed by atoms with Crippen LogP contribution in [0.15, 0.2) is 110 Å². The molecule has 0 radical (unpaired) electrons. The van der Waals surface area contributed by atoms with Crippen LogP contribution in [0.1, 0.15) is 161 Å². The lowest BCUT2D eigenvalue weighted by Crippen LogP contribution is -2.54. The molecule has 21 N–H and O–H groups in total. The van der Waals surface area contributed by atoms with Crippen LogP contribution in [0.5, 0.6) is 0 Å². The number of benzene rings is 3. The number of rotatable bonds is 62. The van der Waals surface area contributed by atoms with Gasteiger partial charge in [0.1, 0.15) is 29.1 Å². The van der Waals surface area contributed by atoms with E-state index in [-0.39, 0.29) is 191 Å². The standard InChI is InChI=1S/C96H135ClN28O22/c1-60-51-72(109-66-22-20-65(97)21-23-66)69-52-64(19-24-73(69)125(60)61(2)126)62-15-17-63(18-16-62)85(130)105-33-35-139-37-39-141-41-43-143-45-47-145-49-50-146-48-46-144-44-42-142-40-38-140-36-34-106-90(135)82-117-76(57-122(82)8)114-80(128)26-31-103-88(133)74-53-68(56-120(74)6)111-92(137)84-119-78(59-124(84)10)116-81(129)27-32-104-89(134)75-54-67(55-121(75)7)110-91(136)83-118-77(58-123(83)9)115-79(127)25-30-102-86(131)70(13-11-28-107-93(98)99)112-87(132)71(14-12-29-108-94(100)101)113-95(138)147-96(3,4)5/h15-24,52-60,70-72,109H,11-14,25-51H2,1-10H3,(H,102,131)(H,103,133)(H,104,134)(H,105,130)(H,106,135)(H,110,136)(H,111,137)(H,112,132)(H,113,138)(H,114,128)(H,115,127)(H,116,129)(H4,98,99,107)(H4,100,101,108)/t60-,70-,71-,72+/m0/s1. The minimum absolute atomic E-state index is 0.00233. The Balaban J connectivity index is 0.546. The molecule has 6 heterocycles. The molecule has 9 rings (SSSR count). The van der Waals surface area contributed by atoms with E-state index in [1.807, 2.05) is 53.4 Å². The van der Waals surface area contributed by atoms with E-state index in [1.165, 1.54) is 80.0 Å². The van der Waals surface area contributed by atoms with Gasteiger partial charge < -0.3 is 162 Å². The summed E-state index contributed by atoms with van der Waals surface area (Å²) in [6, 6.07) is 21.6. The minimum atomic E-state index is -1.17. The highest BCUT2D eigenvalue weighted by molar-refractivity contribution is 6.30. The van der Waals surface area contributed by atoms with Crippen LogP contribution < -0.4 is 96.1 Å². The highest BCUT2D eigenvalue weighted by Crippen LogP contribution is 2.42. The monoisotopic (exact) mass is 2070 g/mol. The second kappa shape index (κ2) is 59.5. The van der Waals surface area contributed by atoms with Gasteiger partial charge in [0.2, 0.25) is 52.9 Å².